The lowest BCUT2D eigenvalue weighted by atomic mass is 10.2. The average molecular weight is 450 g/mol. The van der Waals surface area contributed by atoms with E-state index in [2.05, 4.69) is 22.9 Å². The maximum absolute atomic E-state index is 12.3. The molecule has 0 fully saturated rings. The normalized spacial score (nSPS) is 10.5. The Balaban J connectivity index is 1.40. The molecule has 0 saturated carbocycles. The van der Waals surface area contributed by atoms with Crippen LogP contribution in [0.2, 0.25) is 0 Å². The predicted molar refractivity (Wildman–Crippen MR) is 130 cm³/mol. The molecule has 3 N–H and O–H groups in total. The van der Waals surface area contributed by atoms with Gasteiger partial charge in [0.05, 0.1) is 26.0 Å². The van der Waals surface area contributed by atoms with Crippen LogP contribution in [0.5, 0.6) is 5.75 Å². The van der Waals surface area contributed by atoms with Gasteiger partial charge in [0.1, 0.15) is 11.5 Å². The third kappa shape index (κ3) is 8.37. The minimum atomic E-state index is -0.210. The first kappa shape index (κ1) is 23.9. The number of hydrogen-bond donors (Lipinski definition) is 3. The minimum Gasteiger partial charge on any atom is -0.494 e. The highest BCUT2D eigenvalue weighted by atomic mass is 16.5. The quantitative estimate of drug-likeness (QED) is 0.311. The Morgan fingerprint density at radius 1 is 0.939 bits per heavy atom. The van der Waals surface area contributed by atoms with E-state index in [-0.39, 0.29) is 18.4 Å². The Labute approximate surface area is 194 Å². The predicted octanol–water partition coefficient (Wildman–Crippen LogP) is 5.22. The van der Waals surface area contributed by atoms with Crippen molar-refractivity contribution in [1.29, 1.82) is 0 Å². The van der Waals surface area contributed by atoms with Crippen LogP contribution in [0.4, 0.5) is 11.4 Å². The first-order valence-corrected chi connectivity index (χ1v) is 11.3. The van der Waals surface area contributed by atoms with Gasteiger partial charge in [-0.05, 0) is 55.0 Å². The summed E-state index contributed by atoms with van der Waals surface area (Å²) in [5.41, 5.74) is 1.94. The largest absolute Gasteiger partial charge is 0.494 e. The number of ether oxygens (including phenoxy) is 1. The molecule has 2 amide bonds. The molecule has 1 aromatic heterocycles. The van der Waals surface area contributed by atoms with Crippen molar-refractivity contribution >= 4 is 23.2 Å². The number of amides is 2. The van der Waals surface area contributed by atoms with Gasteiger partial charge in [0.2, 0.25) is 5.91 Å². The van der Waals surface area contributed by atoms with Gasteiger partial charge in [-0.3, -0.25) is 9.59 Å². The van der Waals surface area contributed by atoms with Crippen molar-refractivity contribution in [3.63, 3.8) is 0 Å². The second-order valence-corrected chi connectivity index (χ2v) is 7.68. The molecule has 0 aliphatic heterocycles. The zero-order chi connectivity index (χ0) is 23.3. The highest BCUT2D eigenvalue weighted by Crippen LogP contribution is 2.18. The monoisotopic (exact) mass is 449 g/mol. The molecule has 0 radical (unpaired) electrons. The Morgan fingerprint density at radius 2 is 1.79 bits per heavy atom. The van der Waals surface area contributed by atoms with Crippen LogP contribution in [0.15, 0.2) is 71.3 Å². The van der Waals surface area contributed by atoms with Gasteiger partial charge in [-0.15, -0.1) is 0 Å². The molecule has 7 nitrogen and oxygen atoms in total. The number of carbonyl (C=O) groups excluding carboxylic acids is 2. The second-order valence-electron chi connectivity index (χ2n) is 7.68. The fourth-order valence-corrected chi connectivity index (χ4v) is 3.19. The smallest absolute Gasteiger partial charge is 0.251 e. The van der Waals surface area contributed by atoms with Crippen LogP contribution in [-0.2, 0) is 11.3 Å². The standard InChI is InChI=1S/C26H31N3O4/c1-2-3-4-5-15-32-23-9-6-8-22(17-23)27-19-25(30)29-21-13-11-20(12-14-21)26(31)28-18-24-10-7-16-33-24/h6-14,16-17,27H,2-5,15,18-19H2,1H3,(H,28,31)(H,29,30). The van der Waals surface area contributed by atoms with Gasteiger partial charge in [0.15, 0.2) is 0 Å². The van der Waals surface area contributed by atoms with Crippen molar-refractivity contribution in [2.24, 2.45) is 0 Å². The van der Waals surface area contributed by atoms with Crippen LogP contribution in [0.3, 0.4) is 0 Å². The zero-order valence-corrected chi connectivity index (χ0v) is 18.9. The zero-order valence-electron chi connectivity index (χ0n) is 18.9. The molecule has 0 bridgehead atoms. The summed E-state index contributed by atoms with van der Waals surface area (Å²) >= 11 is 0. The lowest BCUT2D eigenvalue weighted by Crippen LogP contribution is -2.23. The van der Waals surface area contributed by atoms with Crippen molar-refractivity contribution in [2.75, 3.05) is 23.8 Å². The van der Waals surface area contributed by atoms with Gasteiger partial charge in [-0.2, -0.15) is 0 Å². The van der Waals surface area contributed by atoms with Gasteiger partial charge in [-0.25, -0.2) is 0 Å². The molecule has 0 aliphatic rings. The molecule has 2 aromatic carbocycles. The van der Waals surface area contributed by atoms with Crippen molar-refractivity contribution in [2.45, 2.75) is 39.2 Å². The molecule has 3 aromatic rings. The summed E-state index contributed by atoms with van der Waals surface area (Å²) in [7, 11) is 0. The van der Waals surface area contributed by atoms with Crippen LogP contribution in [0, 0.1) is 0 Å². The van der Waals surface area contributed by atoms with E-state index in [1.54, 1.807) is 42.7 Å². The number of rotatable bonds is 13. The number of furan rings is 1. The number of hydrogen-bond acceptors (Lipinski definition) is 5. The molecule has 7 heteroatoms. The summed E-state index contributed by atoms with van der Waals surface area (Å²) in [6, 6.07) is 17.9. The van der Waals surface area contributed by atoms with E-state index in [1.807, 2.05) is 24.3 Å². The molecule has 0 atom stereocenters. The molecule has 174 valence electrons. The third-order valence-electron chi connectivity index (χ3n) is 4.99. The van der Waals surface area contributed by atoms with Gasteiger partial charge in [-0.1, -0.05) is 32.3 Å². The van der Waals surface area contributed by atoms with Crippen LogP contribution in [0.25, 0.3) is 0 Å². The number of carbonyl (C=O) groups is 2. The molecule has 0 spiro atoms. The average Bonchev–Trinajstić information content (AvgIpc) is 3.36. The Morgan fingerprint density at radius 3 is 2.55 bits per heavy atom. The summed E-state index contributed by atoms with van der Waals surface area (Å²) < 4.78 is 11.0. The van der Waals surface area contributed by atoms with Gasteiger partial charge in [0, 0.05) is 23.0 Å². The molecule has 3 rings (SSSR count). The van der Waals surface area contributed by atoms with E-state index in [0.717, 1.165) is 17.9 Å². The molecule has 33 heavy (non-hydrogen) atoms. The Bertz CT molecular complexity index is 1000. The highest BCUT2D eigenvalue weighted by molar-refractivity contribution is 5.96. The van der Waals surface area contributed by atoms with Crippen LogP contribution in [-0.4, -0.2) is 25.0 Å². The van der Waals surface area contributed by atoms with Crippen molar-refractivity contribution in [1.82, 2.24) is 5.32 Å². The molecule has 0 unspecified atom stereocenters. The fraction of sp³-hybridized carbons (Fsp3) is 0.308. The summed E-state index contributed by atoms with van der Waals surface area (Å²) in [6.45, 7) is 3.32. The molecule has 1 heterocycles. The lowest BCUT2D eigenvalue weighted by molar-refractivity contribution is -0.114. The third-order valence-corrected chi connectivity index (χ3v) is 4.99. The van der Waals surface area contributed by atoms with Crippen LogP contribution < -0.4 is 20.7 Å². The molecule has 0 saturated heterocycles. The van der Waals surface area contributed by atoms with Crippen molar-refractivity contribution in [3.05, 3.63) is 78.3 Å². The van der Waals surface area contributed by atoms with Gasteiger partial charge < -0.3 is 25.1 Å². The summed E-state index contributed by atoms with van der Waals surface area (Å²) in [5.74, 6) is 1.08. The van der Waals surface area contributed by atoms with E-state index < -0.39 is 0 Å². The SMILES string of the molecule is CCCCCCOc1cccc(NCC(=O)Nc2ccc(C(=O)NCc3ccco3)cc2)c1. The minimum absolute atomic E-state index is 0.116. The summed E-state index contributed by atoms with van der Waals surface area (Å²) in [5, 5.41) is 8.72. The second kappa shape index (κ2) is 13.0. The van der Waals surface area contributed by atoms with E-state index in [1.165, 1.54) is 19.3 Å². The van der Waals surface area contributed by atoms with Gasteiger partial charge in [0.25, 0.3) is 5.91 Å². The maximum Gasteiger partial charge on any atom is 0.251 e. The molecule has 0 aliphatic carbocycles. The Kier molecular flexibility index (Phi) is 9.39. The lowest BCUT2D eigenvalue weighted by Gasteiger charge is -2.11. The van der Waals surface area contributed by atoms with Crippen LogP contribution in [0.1, 0.15) is 48.7 Å². The first-order valence-electron chi connectivity index (χ1n) is 11.3. The number of nitrogens with one attached hydrogen (secondary N) is 3. The van der Waals surface area contributed by atoms with E-state index in [4.69, 9.17) is 9.15 Å². The summed E-state index contributed by atoms with van der Waals surface area (Å²) in [4.78, 5) is 24.5. The number of benzene rings is 2. The maximum atomic E-state index is 12.3. The van der Waals surface area contributed by atoms with Crippen LogP contribution >= 0.6 is 0 Å². The molecular weight excluding hydrogens is 418 g/mol. The van der Waals surface area contributed by atoms with Crippen molar-refractivity contribution in [3.8, 4) is 5.75 Å². The Hall–Kier alpha value is -3.74. The fourth-order valence-electron chi connectivity index (χ4n) is 3.19. The topological polar surface area (TPSA) is 92.6 Å². The number of anilines is 2. The van der Waals surface area contributed by atoms with Crippen molar-refractivity contribution < 1.29 is 18.7 Å². The van der Waals surface area contributed by atoms with E-state index in [9.17, 15) is 9.59 Å². The molecular formula is C26H31N3O4. The van der Waals surface area contributed by atoms with E-state index in [0.29, 0.717) is 30.2 Å². The first-order chi connectivity index (χ1) is 16.1. The number of unbranched alkanes of at least 4 members (excludes halogenated alkanes) is 3. The summed E-state index contributed by atoms with van der Waals surface area (Å²) in [6.07, 6.45) is 6.20. The highest BCUT2D eigenvalue weighted by Gasteiger charge is 2.08. The van der Waals surface area contributed by atoms with Gasteiger partial charge >= 0.3 is 0 Å². The van der Waals surface area contributed by atoms with E-state index >= 15 is 0 Å².